The van der Waals surface area contributed by atoms with Gasteiger partial charge in [0.25, 0.3) is 0 Å². The Bertz CT molecular complexity index is 508. The average molecular weight is 278 g/mol. The molecule has 0 saturated heterocycles. The Morgan fingerprint density at radius 1 is 1.06 bits per heavy atom. The van der Waals surface area contributed by atoms with Crippen LogP contribution in [0.4, 0.5) is 0 Å². The number of rotatable bonds is 2. The summed E-state index contributed by atoms with van der Waals surface area (Å²) in [6, 6.07) is 6.51. The minimum Gasteiger partial charge on any atom is -0.453 e. The van der Waals surface area contributed by atoms with Gasteiger partial charge in [-0.2, -0.15) is 0 Å². The molecule has 1 unspecified atom stereocenters. The number of benzene rings is 1. The normalized spacial score (nSPS) is 12.8. The van der Waals surface area contributed by atoms with Gasteiger partial charge in [-0.3, -0.25) is 0 Å². The molecule has 1 N–H and O–H groups in total. The Balaban J connectivity index is 2.38. The SMILES string of the molecule is OC(c1ccc(Cl)c(Cl)c1)c1ccoc1Cl. The third-order valence-electron chi connectivity index (χ3n) is 2.20. The smallest absolute Gasteiger partial charge is 0.199 e. The molecule has 0 spiro atoms. The first-order valence-corrected chi connectivity index (χ1v) is 5.59. The molecule has 0 aliphatic carbocycles. The lowest BCUT2D eigenvalue weighted by Crippen LogP contribution is -1.98. The van der Waals surface area contributed by atoms with Crippen LogP contribution in [0.1, 0.15) is 17.2 Å². The van der Waals surface area contributed by atoms with Gasteiger partial charge in [-0.25, -0.2) is 0 Å². The summed E-state index contributed by atoms with van der Waals surface area (Å²) in [5.41, 5.74) is 1.11. The predicted octanol–water partition coefficient (Wildman–Crippen LogP) is 4.32. The van der Waals surface area contributed by atoms with Crippen molar-refractivity contribution in [1.29, 1.82) is 0 Å². The Labute approximate surface area is 107 Å². The highest BCUT2D eigenvalue weighted by Crippen LogP contribution is 2.32. The zero-order valence-electron chi connectivity index (χ0n) is 7.95. The van der Waals surface area contributed by atoms with E-state index in [-0.39, 0.29) is 5.22 Å². The van der Waals surface area contributed by atoms with Crippen molar-refractivity contribution < 1.29 is 9.52 Å². The van der Waals surface area contributed by atoms with E-state index in [0.29, 0.717) is 21.2 Å². The molecule has 0 fully saturated rings. The topological polar surface area (TPSA) is 33.4 Å². The van der Waals surface area contributed by atoms with Gasteiger partial charge in [0.15, 0.2) is 5.22 Å². The fourth-order valence-corrected chi connectivity index (χ4v) is 1.89. The Hall–Kier alpha value is -0.670. The van der Waals surface area contributed by atoms with Gasteiger partial charge in [0.1, 0.15) is 6.10 Å². The van der Waals surface area contributed by atoms with Gasteiger partial charge in [0.2, 0.25) is 0 Å². The standard InChI is InChI=1S/C11H7Cl3O2/c12-8-2-1-6(5-9(8)13)10(15)7-3-4-16-11(7)14/h1-5,10,15H. The van der Waals surface area contributed by atoms with Gasteiger partial charge < -0.3 is 9.52 Å². The van der Waals surface area contributed by atoms with Crippen LogP contribution in [-0.2, 0) is 0 Å². The van der Waals surface area contributed by atoms with Gasteiger partial charge >= 0.3 is 0 Å². The summed E-state index contributed by atoms with van der Waals surface area (Å²) in [5.74, 6) is 0. The third-order valence-corrected chi connectivity index (χ3v) is 3.25. The van der Waals surface area contributed by atoms with Crippen molar-refractivity contribution in [3.05, 3.63) is 56.9 Å². The van der Waals surface area contributed by atoms with Crippen molar-refractivity contribution in [2.45, 2.75) is 6.10 Å². The molecular formula is C11H7Cl3O2. The number of aliphatic hydroxyl groups excluding tert-OH is 1. The van der Waals surface area contributed by atoms with Crippen LogP contribution < -0.4 is 0 Å². The van der Waals surface area contributed by atoms with Crippen LogP contribution in [0.25, 0.3) is 0 Å². The summed E-state index contributed by atoms with van der Waals surface area (Å²) < 4.78 is 4.91. The maximum Gasteiger partial charge on any atom is 0.199 e. The molecule has 1 atom stereocenters. The fourth-order valence-electron chi connectivity index (χ4n) is 1.36. The van der Waals surface area contributed by atoms with E-state index in [9.17, 15) is 5.11 Å². The van der Waals surface area contributed by atoms with Crippen LogP contribution in [0.3, 0.4) is 0 Å². The summed E-state index contributed by atoms with van der Waals surface area (Å²) >= 11 is 17.4. The van der Waals surface area contributed by atoms with Crippen molar-refractivity contribution >= 4 is 34.8 Å². The van der Waals surface area contributed by atoms with Crippen LogP contribution in [0.5, 0.6) is 0 Å². The number of furan rings is 1. The highest BCUT2D eigenvalue weighted by Gasteiger charge is 2.16. The van der Waals surface area contributed by atoms with Gasteiger partial charge in [-0.15, -0.1) is 0 Å². The average Bonchev–Trinajstić information content (AvgIpc) is 2.67. The molecule has 0 aliphatic heterocycles. The number of hydrogen-bond donors (Lipinski definition) is 1. The molecule has 0 aliphatic rings. The summed E-state index contributed by atoms with van der Waals surface area (Å²) in [6.45, 7) is 0. The quantitative estimate of drug-likeness (QED) is 0.887. The molecule has 0 saturated carbocycles. The van der Waals surface area contributed by atoms with Gasteiger partial charge in [-0.1, -0.05) is 29.3 Å². The first kappa shape index (κ1) is 11.8. The molecule has 0 radical (unpaired) electrons. The van der Waals surface area contributed by atoms with Crippen LogP contribution in [0, 0.1) is 0 Å². The lowest BCUT2D eigenvalue weighted by molar-refractivity contribution is 0.219. The van der Waals surface area contributed by atoms with Gasteiger partial charge in [-0.05, 0) is 35.4 Å². The molecular weight excluding hydrogens is 270 g/mol. The lowest BCUT2D eigenvalue weighted by Gasteiger charge is -2.10. The van der Waals surface area contributed by atoms with Crippen molar-refractivity contribution in [3.63, 3.8) is 0 Å². The van der Waals surface area contributed by atoms with Gasteiger partial charge in [0.05, 0.1) is 16.3 Å². The predicted molar refractivity (Wildman–Crippen MR) is 64.2 cm³/mol. The maximum atomic E-state index is 10.0. The molecule has 0 bridgehead atoms. The molecule has 16 heavy (non-hydrogen) atoms. The number of aliphatic hydroxyl groups is 1. The van der Waals surface area contributed by atoms with Crippen molar-refractivity contribution in [1.82, 2.24) is 0 Å². The van der Waals surface area contributed by atoms with Crippen LogP contribution in [-0.4, -0.2) is 5.11 Å². The van der Waals surface area contributed by atoms with E-state index in [1.165, 1.54) is 6.26 Å². The van der Waals surface area contributed by atoms with E-state index in [4.69, 9.17) is 39.2 Å². The molecule has 1 heterocycles. The molecule has 84 valence electrons. The fraction of sp³-hybridized carbons (Fsp3) is 0.0909. The Morgan fingerprint density at radius 2 is 1.81 bits per heavy atom. The molecule has 5 heteroatoms. The van der Waals surface area contributed by atoms with E-state index in [2.05, 4.69) is 0 Å². The highest BCUT2D eigenvalue weighted by molar-refractivity contribution is 6.42. The van der Waals surface area contributed by atoms with Crippen LogP contribution >= 0.6 is 34.8 Å². The molecule has 0 amide bonds. The second-order valence-electron chi connectivity index (χ2n) is 3.23. The van der Waals surface area contributed by atoms with Crippen molar-refractivity contribution in [2.75, 3.05) is 0 Å². The largest absolute Gasteiger partial charge is 0.453 e. The van der Waals surface area contributed by atoms with E-state index < -0.39 is 6.10 Å². The lowest BCUT2D eigenvalue weighted by atomic mass is 10.0. The molecule has 1 aromatic heterocycles. The second-order valence-corrected chi connectivity index (χ2v) is 4.38. The van der Waals surface area contributed by atoms with Crippen molar-refractivity contribution in [2.24, 2.45) is 0 Å². The first-order chi connectivity index (χ1) is 7.59. The Kier molecular flexibility index (Phi) is 3.45. The van der Waals surface area contributed by atoms with E-state index in [1.54, 1.807) is 24.3 Å². The van der Waals surface area contributed by atoms with E-state index >= 15 is 0 Å². The monoisotopic (exact) mass is 276 g/mol. The van der Waals surface area contributed by atoms with Gasteiger partial charge in [0, 0.05) is 5.56 Å². The summed E-state index contributed by atoms with van der Waals surface area (Å²) in [6.07, 6.45) is 0.541. The van der Waals surface area contributed by atoms with E-state index in [1.807, 2.05) is 0 Å². The van der Waals surface area contributed by atoms with Crippen LogP contribution in [0.2, 0.25) is 15.3 Å². The third kappa shape index (κ3) is 2.20. The summed E-state index contributed by atoms with van der Waals surface area (Å²) in [5, 5.41) is 11.0. The second kappa shape index (κ2) is 4.68. The maximum absolute atomic E-state index is 10.0. The number of hydrogen-bond acceptors (Lipinski definition) is 2. The molecule has 2 rings (SSSR count). The number of halogens is 3. The summed E-state index contributed by atoms with van der Waals surface area (Å²) in [4.78, 5) is 0. The molecule has 2 nitrogen and oxygen atoms in total. The van der Waals surface area contributed by atoms with Crippen molar-refractivity contribution in [3.8, 4) is 0 Å². The van der Waals surface area contributed by atoms with Crippen LogP contribution in [0.15, 0.2) is 34.9 Å². The summed E-state index contributed by atoms with van der Waals surface area (Å²) in [7, 11) is 0. The molecule has 1 aromatic carbocycles. The zero-order valence-corrected chi connectivity index (χ0v) is 10.2. The highest BCUT2D eigenvalue weighted by atomic mass is 35.5. The van der Waals surface area contributed by atoms with E-state index in [0.717, 1.165) is 0 Å². The molecule has 2 aromatic rings. The minimum atomic E-state index is -0.874. The minimum absolute atomic E-state index is 0.165. The first-order valence-electron chi connectivity index (χ1n) is 4.45. The zero-order chi connectivity index (χ0) is 11.7. The Morgan fingerprint density at radius 3 is 2.38 bits per heavy atom.